The standard InChI is InChI=1S/C23H21NO4/c1-3-6-18-7-4-5-8-21(18)27-15-20-13-14-22(28-20)23(26)24-19-11-9-17(10-12-19)16(2)25/h3-5,7-14H,1,6,15H2,2H3,(H,24,26). The molecule has 0 aliphatic heterocycles. The molecule has 0 fully saturated rings. The lowest BCUT2D eigenvalue weighted by Crippen LogP contribution is -2.11. The zero-order valence-corrected chi connectivity index (χ0v) is 15.6. The zero-order valence-electron chi connectivity index (χ0n) is 15.6. The number of amides is 1. The van der Waals surface area contributed by atoms with Crippen LogP contribution in [0, 0.1) is 0 Å². The maximum atomic E-state index is 12.3. The fraction of sp³-hybridized carbons (Fsp3) is 0.130. The molecule has 3 aromatic rings. The largest absolute Gasteiger partial charge is 0.485 e. The summed E-state index contributed by atoms with van der Waals surface area (Å²) in [5.41, 5.74) is 2.21. The Morgan fingerprint density at radius 2 is 1.82 bits per heavy atom. The second-order valence-corrected chi connectivity index (χ2v) is 6.24. The molecule has 0 saturated carbocycles. The Labute approximate surface area is 163 Å². The van der Waals surface area contributed by atoms with Crippen LogP contribution in [0.4, 0.5) is 5.69 Å². The number of rotatable bonds is 8. The number of Topliss-reactive ketones (excluding diaryl/α,β-unsaturated/α-hetero) is 1. The molecule has 0 bridgehead atoms. The van der Waals surface area contributed by atoms with Gasteiger partial charge in [0.2, 0.25) is 0 Å². The van der Waals surface area contributed by atoms with E-state index in [-0.39, 0.29) is 24.1 Å². The fourth-order valence-electron chi connectivity index (χ4n) is 2.68. The van der Waals surface area contributed by atoms with E-state index in [4.69, 9.17) is 9.15 Å². The lowest BCUT2D eigenvalue weighted by molar-refractivity contribution is 0.0990. The summed E-state index contributed by atoms with van der Waals surface area (Å²) in [6.45, 7) is 5.46. The lowest BCUT2D eigenvalue weighted by atomic mass is 10.1. The Hall–Kier alpha value is -3.60. The first-order chi connectivity index (χ1) is 13.6. The van der Waals surface area contributed by atoms with E-state index in [1.54, 1.807) is 36.4 Å². The van der Waals surface area contributed by atoms with E-state index in [0.717, 1.165) is 11.3 Å². The Kier molecular flexibility index (Phi) is 6.07. The van der Waals surface area contributed by atoms with E-state index >= 15 is 0 Å². The molecule has 1 amide bonds. The predicted molar refractivity (Wildman–Crippen MR) is 108 cm³/mol. The van der Waals surface area contributed by atoms with Crippen LogP contribution < -0.4 is 10.1 Å². The van der Waals surface area contributed by atoms with E-state index in [2.05, 4.69) is 11.9 Å². The summed E-state index contributed by atoms with van der Waals surface area (Å²) in [6, 6.07) is 17.7. The predicted octanol–water partition coefficient (Wildman–Crippen LogP) is 5.04. The minimum Gasteiger partial charge on any atom is -0.485 e. The molecule has 2 aromatic carbocycles. The maximum Gasteiger partial charge on any atom is 0.291 e. The Bertz CT molecular complexity index is 986. The molecule has 28 heavy (non-hydrogen) atoms. The van der Waals surface area contributed by atoms with Crippen molar-refractivity contribution in [2.75, 3.05) is 5.32 Å². The Morgan fingerprint density at radius 3 is 2.54 bits per heavy atom. The van der Waals surface area contributed by atoms with Crippen LogP contribution in [-0.4, -0.2) is 11.7 Å². The molecule has 1 N–H and O–H groups in total. The molecule has 1 aromatic heterocycles. The fourth-order valence-corrected chi connectivity index (χ4v) is 2.68. The molecule has 1 heterocycles. The monoisotopic (exact) mass is 375 g/mol. The first-order valence-corrected chi connectivity index (χ1v) is 8.89. The molecule has 0 aliphatic rings. The first-order valence-electron chi connectivity index (χ1n) is 8.89. The van der Waals surface area contributed by atoms with Crippen LogP contribution in [0.2, 0.25) is 0 Å². The van der Waals surface area contributed by atoms with Crippen molar-refractivity contribution in [2.45, 2.75) is 20.0 Å². The van der Waals surface area contributed by atoms with Crippen molar-refractivity contribution in [1.29, 1.82) is 0 Å². The number of allylic oxidation sites excluding steroid dienone is 1. The normalized spacial score (nSPS) is 10.3. The summed E-state index contributed by atoms with van der Waals surface area (Å²) in [5.74, 6) is 1.10. The van der Waals surface area contributed by atoms with Gasteiger partial charge >= 0.3 is 0 Å². The van der Waals surface area contributed by atoms with Crippen LogP contribution in [0.25, 0.3) is 0 Å². The van der Waals surface area contributed by atoms with Crippen molar-refractivity contribution in [2.24, 2.45) is 0 Å². The van der Waals surface area contributed by atoms with E-state index in [1.165, 1.54) is 6.92 Å². The third kappa shape index (κ3) is 4.76. The minimum absolute atomic E-state index is 0.0248. The molecule has 0 unspecified atom stereocenters. The van der Waals surface area contributed by atoms with Crippen molar-refractivity contribution >= 4 is 17.4 Å². The summed E-state index contributed by atoms with van der Waals surface area (Å²) in [6.07, 6.45) is 2.53. The van der Waals surface area contributed by atoms with Crippen molar-refractivity contribution in [1.82, 2.24) is 0 Å². The number of nitrogens with one attached hydrogen (secondary N) is 1. The van der Waals surface area contributed by atoms with Crippen LogP contribution in [0.5, 0.6) is 5.75 Å². The van der Waals surface area contributed by atoms with Crippen LogP contribution in [0.1, 0.15) is 39.2 Å². The van der Waals surface area contributed by atoms with Gasteiger partial charge in [-0.1, -0.05) is 24.3 Å². The molecule has 0 atom stereocenters. The summed E-state index contributed by atoms with van der Waals surface area (Å²) in [5, 5.41) is 2.74. The van der Waals surface area contributed by atoms with Gasteiger partial charge in [-0.3, -0.25) is 9.59 Å². The number of furan rings is 1. The number of hydrogen-bond acceptors (Lipinski definition) is 4. The number of ether oxygens (including phenoxy) is 1. The second-order valence-electron chi connectivity index (χ2n) is 6.24. The minimum atomic E-state index is -0.367. The maximum absolute atomic E-state index is 12.3. The summed E-state index contributed by atoms with van der Waals surface area (Å²) < 4.78 is 11.4. The van der Waals surface area contributed by atoms with Crippen LogP contribution in [0.15, 0.2) is 77.7 Å². The van der Waals surface area contributed by atoms with Crippen LogP contribution >= 0.6 is 0 Å². The van der Waals surface area contributed by atoms with Gasteiger partial charge in [-0.15, -0.1) is 6.58 Å². The summed E-state index contributed by atoms with van der Waals surface area (Å²) >= 11 is 0. The average molecular weight is 375 g/mol. The van der Waals surface area contributed by atoms with Gasteiger partial charge in [0.05, 0.1) is 0 Å². The Balaban J connectivity index is 1.61. The van der Waals surface area contributed by atoms with Gasteiger partial charge < -0.3 is 14.5 Å². The number of ketones is 1. The van der Waals surface area contributed by atoms with E-state index < -0.39 is 0 Å². The Morgan fingerprint density at radius 1 is 1.07 bits per heavy atom. The van der Waals surface area contributed by atoms with Crippen molar-refractivity contribution in [3.63, 3.8) is 0 Å². The highest BCUT2D eigenvalue weighted by atomic mass is 16.5. The molecule has 5 nitrogen and oxygen atoms in total. The molecule has 3 rings (SSSR count). The number of benzene rings is 2. The van der Waals surface area contributed by atoms with Gasteiger partial charge in [-0.25, -0.2) is 0 Å². The van der Waals surface area contributed by atoms with E-state index in [1.807, 2.05) is 30.3 Å². The molecule has 0 aliphatic carbocycles. The highest BCUT2D eigenvalue weighted by Crippen LogP contribution is 2.21. The van der Waals surface area contributed by atoms with Gasteiger partial charge in [0.15, 0.2) is 11.5 Å². The highest BCUT2D eigenvalue weighted by molar-refractivity contribution is 6.02. The molecule has 0 spiro atoms. The van der Waals surface area contributed by atoms with E-state index in [0.29, 0.717) is 23.4 Å². The number of carbonyl (C=O) groups is 2. The van der Waals surface area contributed by atoms with Gasteiger partial charge in [0, 0.05) is 11.3 Å². The number of hydrogen-bond donors (Lipinski definition) is 1. The zero-order chi connectivity index (χ0) is 19.9. The molecular formula is C23H21NO4. The summed E-state index contributed by atoms with van der Waals surface area (Å²) in [4.78, 5) is 23.6. The number of anilines is 1. The molecule has 0 saturated heterocycles. The van der Waals surface area contributed by atoms with Gasteiger partial charge in [0.1, 0.15) is 18.1 Å². The van der Waals surface area contributed by atoms with Crippen molar-refractivity contribution < 1.29 is 18.7 Å². The lowest BCUT2D eigenvalue weighted by Gasteiger charge is -2.09. The van der Waals surface area contributed by atoms with Crippen LogP contribution in [-0.2, 0) is 13.0 Å². The van der Waals surface area contributed by atoms with Crippen molar-refractivity contribution in [3.8, 4) is 5.75 Å². The average Bonchev–Trinajstić information content (AvgIpc) is 3.17. The molecular weight excluding hydrogens is 354 g/mol. The third-order valence-electron chi connectivity index (χ3n) is 4.14. The highest BCUT2D eigenvalue weighted by Gasteiger charge is 2.13. The number of carbonyl (C=O) groups excluding carboxylic acids is 2. The topological polar surface area (TPSA) is 68.5 Å². The van der Waals surface area contributed by atoms with Gasteiger partial charge in [0.25, 0.3) is 5.91 Å². The molecule has 142 valence electrons. The first kappa shape index (κ1) is 19.2. The summed E-state index contributed by atoms with van der Waals surface area (Å²) in [7, 11) is 0. The second kappa shape index (κ2) is 8.86. The molecule has 5 heteroatoms. The quantitative estimate of drug-likeness (QED) is 0.442. The van der Waals surface area contributed by atoms with E-state index in [9.17, 15) is 9.59 Å². The van der Waals surface area contributed by atoms with Gasteiger partial charge in [-0.05, 0) is 61.4 Å². The van der Waals surface area contributed by atoms with Gasteiger partial charge in [-0.2, -0.15) is 0 Å². The number of para-hydroxylation sites is 1. The molecule has 0 radical (unpaired) electrons. The smallest absolute Gasteiger partial charge is 0.291 e. The van der Waals surface area contributed by atoms with Crippen LogP contribution in [0.3, 0.4) is 0 Å². The SMILES string of the molecule is C=CCc1ccccc1OCc1ccc(C(=O)Nc2ccc(C(C)=O)cc2)o1. The third-order valence-corrected chi connectivity index (χ3v) is 4.14. The van der Waals surface area contributed by atoms with Crippen molar-refractivity contribution in [3.05, 3.63) is 96.0 Å².